The van der Waals surface area contributed by atoms with Gasteiger partial charge in [0.25, 0.3) is 5.91 Å². The molecule has 0 atom stereocenters. The molecule has 92 valence electrons. The van der Waals surface area contributed by atoms with Gasteiger partial charge in [0.15, 0.2) is 0 Å². The van der Waals surface area contributed by atoms with Crippen LogP contribution in [0.25, 0.3) is 5.69 Å². The Kier molecular flexibility index (Phi) is 2.59. The number of aromatic nitrogens is 2. The van der Waals surface area contributed by atoms with Crippen LogP contribution in [0, 0.1) is 5.82 Å². The number of hydrogen-bond donors (Lipinski definition) is 0. The second kappa shape index (κ2) is 4.25. The van der Waals surface area contributed by atoms with E-state index in [-0.39, 0.29) is 5.91 Å². The molecular formula is C13H12FN3O. The molecule has 1 saturated heterocycles. The van der Waals surface area contributed by atoms with Gasteiger partial charge in [-0.2, -0.15) is 0 Å². The molecule has 0 aliphatic carbocycles. The Morgan fingerprint density at radius 1 is 1.33 bits per heavy atom. The number of hydrogen-bond acceptors (Lipinski definition) is 2. The van der Waals surface area contributed by atoms with Crippen molar-refractivity contribution in [1.29, 1.82) is 0 Å². The lowest BCUT2D eigenvalue weighted by Crippen LogP contribution is -2.42. The summed E-state index contributed by atoms with van der Waals surface area (Å²) in [5.41, 5.74) is 1.04. The summed E-state index contributed by atoms with van der Waals surface area (Å²) in [6.45, 7) is 1.50. The Hall–Kier alpha value is -2.17. The largest absolute Gasteiger partial charge is 0.338 e. The van der Waals surface area contributed by atoms with E-state index in [1.165, 1.54) is 12.1 Å². The minimum absolute atomic E-state index is 0.121. The molecule has 0 radical (unpaired) electrons. The van der Waals surface area contributed by atoms with Crippen LogP contribution in [0.2, 0.25) is 0 Å². The molecule has 5 heteroatoms. The number of imidazole rings is 1. The summed E-state index contributed by atoms with van der Waals surface area (Å²) in [6.07, 6.45) is 5.98. The molecule has 1 aromatic carbocycles. The summed E-state index contributed by atoms with van der Waals surface area (Å²) in [5.74, 6) is -0.521. The van der Waals surface area contributed by atoms with Gasteiger partial charge in [0.2, 0.25) is 0 Å². The Balaban J connectivity index is 2.05. The SMILES string of the molecule is O=C(c1cc(F)ccc1-n1ccnc1)N1CCC1. The molecule has 2 aromatic rings. The van der Waals surface area contributed by atoms with Crippen molar-refractivity contribution < 1.29 is 9.18 Å². The summed E-state index contributed by atoms with van der Waals surface area (Å²) in [7, 11) is 0. The highest BCUT2D eigenvalue weighted by atomic mass is 19.1. The predicted octanol–water partition coefficient (Wildman–Crippen LogP) is 1.86. The maximum absolute atomic E-state index is 13.3. The van der Waals surface area contributed by atoms with E-state index in [2.05, 4.69) is 4.98 Å². The van der Waals surface area contributed by atoms with E-state index in [0.717, 1.165) is 19.5 Å². The molecular weight excluding hydrogens is 233 g/mol. The topological polar surface area (TPSA) is 38.1 Å². The molecule has 0 bridgehead atoms. The number of nitrogens with zero attached hydrogens (tertiary/aromatic N) is 3. The second-order valence-corrected chi connectivity index (χ2v) is 4.28. The Morgan fingerprint density at radius 2 is 2.17 bits per heavy atom. The Bertz CT molecular complexity index is 576. The lowest BCUT2D eigenvalue weighted by molar-refractivity contribution is 0.0651. The number of halogens is 1. The third-order valence-electron chi connectivity index (χ3n) is 3.11. The van der Waals surface area contributed by atoms with Gasteiger partial charge in [-0.05, 0) is 24.6 Å². The van der Waals surface area contributed by atoms with E-state index in [1.54, 1.807) is 34.3 Å². The average Bonchev–Trinajstić information content (AvgIpc) is 2.80. The van der Waals surface area contributed by atoms with Crippen LogP contribution in [0.5, 0.6) is 0 Å². The van der Waals surface area contributed by atoms with E-state index in [0.29, 0.717) is 11.3 Å². The Labute approximate surface area is 104 Å². The molecule has 0 unspecified atom stereocenters. The van der Waals surface area contributed by atoms with Gasteiger partial charge in [-0.1, -0.05) is 0 Å². The van der Waals surface area contributed by atoms with Gasteiger partial charge in [0.1, 0.15) is 5.82 Å². The number of carbonyl (C=O) groups excluding carboxylic acids is 1. The van der Waals surface area contributed by atoms with Crippen molar-refractivity contribution in [1.82, 2.24) is 14.5 Å². The van der Waals surface area contributed by atoms with Crippen molar-refractivity contribution in [2.24, 2.45) is 0 Å². The molecule has 0 N–H and O–H groups in total. The third-order valence-corrected chi connectivity index (χ3v) is 3.11. The normalized spacial score (nSPS) is 14.4. The molecule has 18 heavy (non-hydrogen) atoms. The summed E-state index contributed by atoms with van der Waals surface area (Å²) >= 11 is 0. The fourth-order valence-corrected chi connectivity index (χ4v) is 2.00. The van der Waals surface area contributed by atoms with Crippen LogP contribution in [0.3, 0.4) is 0 Å². The minimum atomic E-state index is -0.400. The van der Waals surface area contributed by atoms with Crippen LogP contribution in [0.4, 0.5) is 4.39 Å². The molecule has 1 aliphatic heterocycles. The van der Waals surface area contributed by atoms with E-state index < -0.39 is 5.82 Å². The highest BCUT2D eigenvalue weighted by Crippen LogP contribution is 2.20. The highest BCUT2D eigenvalue weighted by Gasteiger charge is 2.24. The first-order chi connectivity index (χ1) is 8.75. The molecule has 2 heterocycles. The molecule has 3 rings (SSSR count). The molecule has 0 saturated carbocycles. The van der Waals surface area contributed by atoms with Gasteiger partial charge in [0, 0.05) is 25.5 Å². The van der Waals surface area contributed by atoms with Gasteiger partial charge in [-0.25, -0.2) is 9.37 Å². The number of benzene rings is 1. The van der Waals surface area contributed by atoms with Crippen molar-refractivity contribution >= 4 is 5.91 Å². The zero-order valence-corrected chi connectivity index (χ0v) is 9.71. The highest BCUT2D eigenvalue weighted by molar-refractivity contribution is 5.98. The lowest BCUT2D eigenvalue weighted by atomic mass is 10.1. The zero-order chi connectivity index (χ0) is 12.5. The standard InChI is InChI=1S/C13H12FN3O/c14-10-2-3-12(17-7-4-15-9-17)11(8-10)13(18)16-5-1-6-16/h2-4,7-9H,1,5-6H2. The van der Waals surface area contributed by atoms with E-state index in [9.17, 15) is 9.18 Å². The first kappa shape index (κ1) is 11.0. The lowest BCUT2D eigenvalue weighted by Gasteiger charge is -2.31. The smallest absolute Gasteiger partial charge is 0.256 e. The molecule has 1 fully saturated rings. The first-order valence-corrected chi connectivity index (χ1v) is 5.83. The van der Waals surface area contributed by atoms with Crippen molar-refractivity contribution in [3.05, 3.63) is 48.3 Å². The molecule has 4 nitrogen and oxygen atoms in total. The number of rotatable bonds is 2. The minimum Gasteiger partial charge on any atom is -0.338 e. The fourth-order valence-electron chi connectivity index (χ4n) is 2.00. The maximum atomic E-state index is 13.3. The van der Waals surface area contributed by atoms with Gasteiger partial charge >= 0.3 is 0 Å². The molecule has 1 amide bonds. The second-order valence-electron chi connectivity index (χ2n) is 4.28. The number of carbonyl (C=O) groups is 1. The maximum Gasteiger partial charge on any atom is 0.256 e. The predicted molar refractivity (Wildman–Crippen MR) is 64.0 cm³/mol. The van der Waals surface area contributed by atoms with Crippen LogP contribution < -0.4 is 0 Å². The van der Waals surface area contributed by atoms with E-state index in [1.807, 2.05) is 0 Å². The first-order valence-electron chi connectivity index (χ1n) is 5.83. The van der Waals surface area contributed by atoms with Crippen molar-refractivity contribution in [3.8, 4) is 5.69 Å². The Morgan fingerprint density at radius 3 is 2.78 bits per heavy atom. The van der Waals surface area contributed by atoms with Crippen LogP contribution in [0.1, 0.15) is 16.8 Å². The summed E-state index contributed by atoms with van der Waals surface area (Å²) < 4.78 is 15.1. The van der Waals surface area contributed by atoms with Crippen molar-refractivity contribution in [2.45, 2.75) is 6.42 Å². The van der Waals surface area contributed by atoms with Crippen LogP contribution >= 0.6 is 0 Å². The van der Waals surface area contributed by atoms with Crippen LogP contribution in [-0.4, -0.2) is 33.4 Å². The number of likely N-dealkylation sites (tertiary alicyclic amines) is 1. The number of amides is 1. The average molecular weight is 245 g/mol. The quantitative estimate of drug-likeness (QED) is 0.810. The molecule has 0 spiro atoms. The van der Waals surface area contributed by atoms with Gasteiger partial charge < -0.3 is 9.47 Å². The van der Waals surface area contributed by atoms with Gasteiger partial charge in [-0.15, -0.1) is 0 Å². The van der Waals surface area contributed by atoms with Gasteiger partial charge in [-0.3, -0.25) is 4.79 Å². The molecule has 1 aliphatic rings. The fraction of sp³-hybridized carbons (Fsp3) is 0.231. The van der Waals surface area contributed by atoms with Crippen molar-refractivity contribution in [2.75, 3.05) is 13.1 Å². The van der Waals surface area contributed by atoms with E-state index >= 15 is 0 Å². The summed E-state index contributed by atoms with van der Waals surface area (Å²) in [6, 6.07) is 4.24. The van der Waals surface area contributed by atoms with Gasteiger partial charge in [0.05, 0.1) is 17.6 Å². The summed E-state index contributed by atoms with van der Waals surface area (Å²) in [5, 5.41) is 0. The van der Waals surface area contributed by atoms with E-state index in [4.69, 9.17) is 0 Å². The third kappa shape index (κ3) is 1.77. The van der Waals surface area contributed by atoms with Crippen molar-refractivity contribution in [3.63, 3.8) is 0 Å². The molecule has 1 aromatic heterocycles. The zero-order valence-electron chi connectivity index (χ0n) is 9.71. The van der Waals surface area contributed by atoms with Crippen LogP contribution in [0.15, 0.2) is 36.9 Å². The summed E-state index contributed by atoms with van der Waals surface area (Å²) in [4.78, 5) is 17.9. The van der Waals surface area contributed by atoms with Crippen LogP contribution in [-0.2, 0) is 0 Å². The monoisotopic (exact) mass is 245 g/mol.